The van der Waals surface area contributed by atoms with Crippen molar-refractivity contribution in [1.82, 2.24) is 24.8 Å². The lowest BCUT2D eigenvalue weighted by atomic mass is 10.1. The molecule has 1 aliphatic rings. The number of aromatic nitrogens is 3. The zero-order valence-corrected chi connectivity index (χ0v) is 13.4. The first-order chi connectivity index (χ1) is 9.28. The van der Waals surface area contributed by atoms with E-state index in [1.54, 1.807) is 16.9 Å². The number of fused-ring (bicyclic) bond motifs is 1. The number of carbonyl (C=O) groups excluding carboxylic acids is 1. The van der Waals surface area contributed by atoms with Crippen LogP contribution in [-0.2, 0) is 0 Å². The van der Waals surface area contributed by atoms with Gasteiger partial charge in [0.05, 0.1) is 5.56 Å². The summed E-state index contributed by atoms with van der Waals surface area (Å²) in [6.45, 7) is 1.60. The predicted octanol–water partition coefficient (Wildman–Crippen LogP) is 1.40. The number of hydrogen-bond donors (Lipinski definition) is 1. The quantitative estimate of drug-likeness (QED) is 0.903. The van der Waals surface area contributed by atoms with Crippen molar-refractivity contribution in [3.05, 3.63) is 30.2 Å². The summed E-state index contributed by atoms with van der Waals surface area (Å²) in [5.74, 6) is 0.0792. The number of likely N-dealkylation sites (tertiary alicyclic amines) is 1. The van der Waals surface area contributed by atoms with Crippen molar-refractivity contribution in [2.75, 3.05) is 20.1 Å². The summed E-state index contributed by atoms with van der Waals surface area (Å²) in [5.41, 5.74) is 1.44. The third-order valence-corrected chi connectivity index (χ3v) is 3.65. The molecule has 1 atom stereocenters. The Morgan fingerprint density at radius 2 is 2.19 bits per heavy atom. The fourth-order valence-electron chi connectivity index (χ4n) is 2.53. The Balaban J connectivity index is 0.00000110. The second-order valence-corrected chi connectivity index (χ2v) is 4.89. The first-order valence-electron chi connectivity index (χ1n) is 6.54. The van der Waals surface area contributed by atoms with Gasteiger partial charge in [-0.1, -0.05) is 0 Å². The predicted molar refractivity (Wildman–Crippen MR) is 85.5 cm³/mol. The van der Waals surface area contributed by atoms with Gasteiger partial charge in [-0.2, -0.15) is 0 Å². The van der Waals surface area contributed by atoms with Gasteiger partial charge in [-0.25, -0.2) is 0 Å². The van der Waals surface area contributed by atoms with Gasteiger partial charge in [-0.3, -0.25) is 9.20 Å². The molecule has 6 nitrogen and oxygen atoms in total. The molecule has 0 saturated carbocycles. The fourth-order valence-corrected chi connectivity index (χ4v) is 2.53. The number of hydrogen-bond acceptors (Lipinski definition) is 4. The average molecular weight is 332 g/mol. The largest absolute Gasteiger partial charge is 0.337 e. The average Bonchev–Trinajstić information content (AvgIpc) is 2.94. The second-order valence-electron chi connectivity index (χ2n) is 4.89. The molecular formula is C13H19Cl2N5O. The van der Waals surface area contributed by atoms with Crippen LogP contribution in [0.4, 0.5) is 0 Å². The van der Waals surface area contributed by atoms with Crippen LogP contribution in [-0.4, -0.2) is 51.6 Å². The molecule has 8 heteroatoms. The van der Waals surface area contributed by atoms with Crippen LogP contribution >= 0.6 is 24.8 Å². The number of piperidine rings is 1. The molecule has 1 fully saturated rings. The van der Waals surface area contributed by atoms with E-state index in [1.165, 1.54) is 0 Å². The highest BCUT2D eigenvalue weighted by Crippen LogP contribution is 2.14. The van der Waals surface area contributed by atoms with Crippen LogP contribution in [0, 0.1) is 0 Å². The van der Waals surface area contributed by atoms with Gasteiger partial charge in [-0.15, -0.1) is 35.0 Å². The van der Waals surface area contributed by atoms with Crippen molar-refractivity contribution in [3.63, 3.8) is 0 Å². The monoisotopic (exact) mass is 331 g/mol. The molecule has 2 aromatic rings. The molecule has 1 N–H and O–H groups in total. The van der Waals surface area contributed by atoms with Gasteiger partial charge in [0.15, 0.2) is 5.65 Å². The van der Waals surface area contributed by atoms with Gasteiger partial charge in [0.2, 0.25) is 0 Å². The van der Waals surface area contributed by atoms with Gasteiger partial charge < -0.3 is 10.2 Å². The summed E-state index contributed by atoms with van der Waals surface area (Å²) < 4.78 is 1.77. The summed E-state index contributed by atoms with van der Waals surface area (Å²) in [7, 11) is 1.95. The molecule has 1 saturated heterocycles. The summed E-state index contributed by atoms with van der Waals surface area (Å²) in [6, 6.07) is 4.03. The first kappa shape index (κ1) is 17.7. The van der Waals surface area contributed by atoms with Crippen LogP contribution in [0.3, 0.4) is 0 Å². The third kappa shape index (κ3) is 3.64. The topological polar surface area (TPSA) is 62.5 Å². The molecule has 1 aliphatic heterocycles. The van der Waals surface area contributed by atoms with Crippen molar-refractivity contribution in [2.24, 2.45) is 0 Å². The van der Waals surface area contributed by atoms with E-state index in [4.69, 9.17) is 0 Å². The zero-order chi connectivity index (χ0) is 13.2. The zero-order valence-electron chi connectivity index (χ0n) is 11.7. The van der Waals surface area contributed by atoms with Crippen molar-refractivity contribution in [3.8, 4) is 0 Å². The summed E-state index contributed by atoms with van der Waals surface area (Å²) in [4.78, 5) is 14.4. The Hall–Kier alpha value is -1.37. The normalized spacial score (nSPS) is 18.0. The minimum atomic E-state index is 0. The number of pyridine rings is 1. The lowest BCUT2D eigenvalue weighted by Crippen LogP contribution is -2.47. The number of amides is 1. The van der Waals surface area contributed by atoms with Gasteiger partial charge >= 0.3 is 0 Å². The molecule has 1 unspecified atom stereocenters. The van der Waals surface area contributed by atoms with Crippen LogP contribution in [0.2, 0.25) is 0 Å². The maximum absolute atomic E-state index is 12.5. The van der Waals surface area contributed by atoms with Crippen molar-refractivity contribution < 1.29 is 4.79 Å². The minimum Gasteiger partial charge on any atom is -0.337 e. The Morgan fingerprint density at radius 3 is 2.95 bits per heavy atom. The molecule has 21 heavy (non-hydrogen) atoms. The van der Waals surface area contributed by atoms with Crippen molar-refractivity contribution in [1.29, 1.82) is 0 Å². The van der Waals surface area contributed by atoms with Gasteiger partial charge in [0.1, 0.15) is 6.33 Å². The fraction of sp³-hybridized carbons (Fsp3) is 0.462. The molecular weight excluding hydrogens is 313 g/mol. The van der Waals surface area contributed by atoms with E-state index in [9.17, 15) is 4.79 Å². The maximum Gasteiger partial charge on any atom is 0.255 e. The Bertz CT molecular complexity index is 603. The Morgan fingerprint density at radius 1 is 1.38 bits per heavy atom. The number of carbonyl (C=O) groups is 1. The molecule has 0 bridgehead atoms. The van der Waals surface area contributed by atoms with Crippen molar-refractivity contribution >= 4 is 36.4 Å². The second kappa shape index (κ2) is 7.59. The molecule has 2 aromatic heterocycles. The lowest BCUT2D eigenvalue weighted by Gasteiger charge is -2.32. The third-order valence-electron chi connectivity index (χ3n) is 3.65. The summed E-state index contributed by atoms with van der Waals surface area (Å²) >= 11 is 0. The smallest absolute Gasteiger partial charge is 0.255 e. The van der Waals surface area contributed by atoms with Crippen molar-refractivity contribution in [2.45, 2.75) is 18.9 Å². The van der Waals surface area contributed by atoms with E-state index in [0.29, 0.717) is 11.6 Å². The minimum absolute atomic E-state index is 0. The standard InChI is InChI=1S/C13H17N5O.2ClH/c1-14-11-3-2-6-17(8-11)13(19)10-4-5-12-16-15-9-18(12)7-10;;/h4-5,7,9,11,14H,2-3,6,8H2,1H3;2*1H. The highest BCUT2D eigenvalue weighted by Gasteiger charge is 2.23. The van der Waals surface area contributed by atoms with Crippen LogP contribution < -0.4 is 5.32 Å². The number of nitrogens with zero attached hydrogens (tertiary/aromatic N) is 4. The molecule has 116 valence electrons. The highest BCUT2D eigenvalue weighted by atomic mass is 35.5. The molecule has 0 aromatic carbocycles. The van der Waals surface area contributed by atoms with E-state index < -0.39 is 0 Å². The number of rotatable bonds is 2. The molecule has 1 amide bonds. The Kier molecular flexibility index (Phi) is 6.39. The van der Waals surface area contributed by atoms with E-state index >= 15 is 0 Å². The Labute approximate surface area is 135 Å². The first-order valence-corrected chi connectivity index (χ1v) is 6.54. The molecule has 3 rings (SSSR count). The van der Waals surface area contributed by atoms with E-state index in [-0.39, 0.29) is 30.7 Å². The molecule has 3 heterocycles. The van der Waals surface area contributed by atoms with Gasteiger partial charge in [0, 0.05) is 25.3 Å². The lowest BCUT2D eigenvalue weighted by molar-refractivity contribution is 0.0697. The molecule has 0 radical (unpaired) electrons. The molecule has 0 aliphatic carbocycles. The summed E-state index contributed by atoms with van der Waals surface area (Å²) in [5, 5.41) is 11.0. The van der Waals surface area contributed by atoms with Crippen LogP contribution in [0.15, 0.2) is 24.7 Å². The maximum atomic E-state index is 12.5. The van der Waals surface area contributed by atoms with Crippen LogP contribution in [0.5, 0.6) is 0 Å². The van der Waals surface area contributed by atoms with Crippen LogP contribution in [0.1, 0.15) is 23.2 Å². The van der Waals surface area contributed by atoms with E-state index in [0.717, 1.165) is 31.6 Å². The van der Waals surface area contributed by atoms with Gasteiger partial charge in [-0.05, 0) is 32.0 Å². The van der Waals surface area contributed by atoms with Crippen LogP contribution in [0.25, 0.3) is 5.65 Å². The highest BCUT2D eigenvalue weighted by molar-refractivity contribution is 5.94. The summed E-state index contributed by atoms with van der Waals surface area (Å²) in [6.07, 6.45) is 5.58. The molecule has 0 spiro atoms. The SMILES string of the molecule is CNC1CCCN(C(=O)c2ccc3nncn3c2)C1.Cl.Cl. The van der Waals surface area contributed by atoms with E-state index in [2.05, 4.69) is 15.5 Å². The van der Waals surface area contributed by atoms with Gasteiger partial charge in [0.25, 0.3) is 5.91 Å². The number of likely N-dealkylation sites (N-methyl/N-ethyl adjacent to an activating group) is 1. The van der Waals surface area contributed by atoms with E-state index in [1.807, 2.05) is 24.1 Å². The number of nitrogens with one attached hydrogen (secondary N) is 1. The number of halogens is 2.